The highest BCUT2D eigenvalue weighted by Crippen LogP contribution is 2.43. The summed E-state index contributed by atoms with van der Waals surface area (Å²) in [6.07, 6.45) is -0.0786. The second kappa shape index (κ2) is 10.2. The second-order valence-electron chi connectivity index (χ2n) is 9.20. The van der Waals surface area contributed by atoms with Crippen LogP contribution < -0.4 is 14.4 Å². The first-order valence-electron chi connectivity index (χ1n) is 11.9. The van der Waals surface area contributed by atoms with Gasteiger partial charge in [-0.1, -0.05) is 12.1 Å². The van der Waals surface area contributed by atoms with E-state index < -0.39 is 17.7 Å². The zero-order valence-corrected chi connectivity index (χ0v) is 21.4. The molecule has 0 saturated carbocycles. The average Bonchev–Trinajstić information content (AvgIpc) is 3.14. The summed E-state index contributed by atoms with van der Waals surface area (Å²) in [4.78, 5) is 28.3. The van der Waals surface area contributed by atoms with Crippen molar-refractivity contribution in [3.8, 4) is 17.6 Å². The van der Waals surface area contributed by atoms with Crippen molar-refractivity contribution in [3.63, 3.8) is 0 Å². The number of aliphatic hydroxyl groups is 1. The maximum atomic E-state index is 13.5. The predicted octanol–water partition coefficient (Wildman–Crippen LogP) is 5.60. The molecular formula is C30H28N2O5. The Labute approximate surface area is 216 Å². The summed E-state index contributed by atoms with van der Waals surface area (Å²) < 4.78 is 11.3. The molecule has 0 radical (unpaired) electrons. The van der Waals surface area contributed by atoms with Crippen molar-refractivity contribution < 1.29 is 24.2 Å². The lowest BCUT2D eigenvalue weighted by Gasteiger charge is -2.26. The van der Waals surface area contributed by atoms with E-state index in [-0.39, 0.29) is 17.4 Å². The third-order valence-electron chi connectivity index (χ3n) is 6.26. The fourth-order valence-corrected chi connectivity index (χ4v) is 4.55. The van der Waals surface area contributed by atoms with Crippen LogP contribution in [0.2, 0.25) is 0 Å². The Bertz CT molecular complexity index is 1450. The summed E-state index contributed by atoms with van der Waals surface area (Å²) in [5.74, 6) is -0.598. The number of nitrogens with zero attached hydrogens (tertiary/aromatic N) is 2. The molecular weight excluding hydrogens is 468 g/mol. The van der Waals surface area contributed by atoms with Gasteiger partial charge in [-0.25, -0.2) is 0 Å². The minimum Gasteiger partial charge on any atom is -0.507 e. The number of hydrogen-bond acceptors (Lipinski definition) is 6. The van der Waals surface area contributed by atoms with Crippen LogP contribution >= 0.6 is 0 Å². The zero-order chi connectivity index (χ0) is 26.9. The summed E-state index contributed by atoms with van der Waals surface area (Å²) >= 11 is 0. The van der Waals surface area contributed by atoms with E-state index in [0.29, 0.717) is 39.4 Å². The molecule has 1 aliphatic rings. The number of nitriles is 1. The monoisotopic (exact) mass is 496 g/mol. The molecule has 1 unspecified atom stereocenters. The predicted molar refractivity (Wildman–Crippen MR) is 141 cm³/mol. The number of aryl methyl sites for hydroxylation is 2. The van der Waals surface area contributed by atoms with Gasteiger partial charge < -0.3 is 14.6 Å². The number of rotatable bonds is 6. The first-order valence-corrected chi connectivity index (χ1v) is 11.9. The summed E-state index contributed by atoms with van der Waals surface area (Å²) in [6, 6.07) is 18.2. The van der Waals surface area contributed by atoms with Crippen LogP contribution in [0, 0.1) is 25.2 Å². The van der Waals surface area contributed by atoms with Gasteiger partial charge in [0.1, 0.15) is 17.3 Å². The summed E-state index contributed by atoms with van der Waals surface area (Å²) in [6.45, 7) is 7.46. The molecule has 188 valence electrons. The van der Waals surface area contributed by atoms with Gasteiger partial charge in [-0.15, -0.1) is 0 Å². The minimum atomic E-state index is -0.912. The van der Waals surface area contributed by atoms with Crippen LogP contribution in [0.25, 0.3) is 5.76 Å². The maximum absolute atomic E-state index is 13.5. The molecule has 0 aliphatic carbocycles. The maximum Gasteiger partial charge on any atom is 0.300 e. The lowest BCUT2D eigenvalue weighted by Crippen LogP contribution is -2.29. The molecule has 0 aromatic heterocycles. The third kappa shape index (κ3) is 4.78. The van der Waals surface area contributed by atoms with Crippen molar-refractivity contribution in [2.75, 3.05) is 12.0 Å². The smallest absolute Gasteiger partial charge is 0.300 e. The molecule has 0 bridgehead atoms. The molecule has 1 aliphatic heterocycles. The standard InChI is InChI=1S/C30H28N2O5/c1-17(2)37-23-8-6-7-21(15-23)27-26(28(33)24-13-19(4)25(36-5)14-18(24)3)29(34)30(35)32(27)22-11-9-20(16-31)10-12-22/h6-15,17,27,33H,1-5H3/b28-26+. The van der Waals surface area contributed by atoms with Crippen molar-refractivity contribution in [2.45, 2.75) is 39.8 Å². The van der Waals surface area contributed by atoms with E-state index in [2.05, 4.69) is 6.07 Å². The van der Waals surface area contributed by atoms with Crippen LogP contribution in [0.15, 0.2) is 66.2 Å². The summed E-state index contributed by atoms with van der Waals surface area (Å²) in [7, 11) is 1.57. The van der Waals surface area contributed by atoms with E-state index in [1.165, 1.54) is 4.90 Å². The summed E-state index contributed by atoms with van der Waals surface area (Å²) in [5.41, 5.74) is 3.35. The number of hydrogen-bond donors (Lipinski definition) is 1. The average molecular weight is 497 g/mol. The van der Waals surface area contributed by atoms with E-state index >= 15 is 0 Å². The minimum absolute atomic E-state index is 0.0243. The van der Waals surface area contributed by atoms with E-state index in [1.807, 2.05) is 20.8 Å². The van der Waals surface area contributed by atoms with E-state index in [0.717, 1.165) is 5.56 Å². The van der Waals surface area contributed by atoms with Gasteiger partial charge in [0.25, 0.3) is 11.7 Å². The molecule has 0 spiro atoms. The van der Waals surface area contributed by atoms with Crippen LogP contribution in [0.5, 0.6) is 11.5 Å². The molecule has 1 saturated heterocycles. The van der Waals surface area contributed by atoms with Gasteiger partial charge in [0.2, 0.25) is 0 Å². The Morgan fingerprint density at radius 2 is 1.73 bits per heavy atom. The lowest BCUT2D eigenvalue weighted by molar-refractivity contribution is -0.132. The van der Waals surface area contributed by atoms with Gasteiger partial charge in [0.05, 0.1) is 36.5 Å². The molecule has 7 nitrogen and oxygen atoms in total. The van der Waals surface area contributed by atoms with Gasteiger partial charge in [0.15, 0.2) is 0 Å². The zero-order valence-electron chi connectivity index (χ0n) is 21.4. The number of aliphatic hydroxyl groups excluding tert-OH is 1. The first kappa shape index (κ1) is 25.5. The molecule has 3 aromatic rings. The quantitative estimate of drug-likeness (QED) is 0.271. The molecule has 1 fully saturated rings. The number of carbonyl (C=O) groups excluding carboxylic acids is 2. The topological polar surface area (TPSA) is 99.9 Å². The lowest BCUT2D eigenvalue weighted by atomic mass is 9.93. The van der Waals surface area contributed by atoms with Crippen molar-refractivity contribution in [1.82, 2.24) is 0 Å². The Balaban J connectivity index is 1.96. The molecule has 1 heterocycles. The van der Waals surface area contributed by atoms with Gasteiger partial charge in [0, 0.05) is 11.3 Å². The van der Waals surface area contributed by atoms with Crippen LogP contribution in [0.3, 0.4) is 0 Å². The highest BCUT2D eigenvalue weighted by molar-refractivity contribution is 6.51. The number of anilines is 1. The van der Waals surface area contributed by atoms with Crippen molar-refractivity contribution in [1.29, 1.82) is 5.26 Å². The largest absolute Gasteiger partial charge is 0.507 e. The summed E-state index contributed by atoms with van der Waals surface area (Å²) in [5, 5.41) is 20.7. The van der Waals surface area contributed by atoms with Crippen molar-refractivity contribution in [3.05, 3.63) is 94.1 Å². The van der Waals surface area contributed by atoms with Gasteiger partial charge in [-0.3, -0.25) is 14.5 Å². The highest BCUT2D eigenvalue weighted by atomic mass is 16.5. The Hall–Kier alpha value is -4.57. The molecule has 1 N–H and O–H groups in total. The first-order chi connectivity index (χ1) is 17.7. The number of ketones is 1. The fourth-order valence-electron chi connectivity index (χ4n) is 4.55. The van der Waals surface area contributed by atoms with Crippen molar-refractivity contribution >= 4 is 23.1 Å². The Morgan fingerprint density at radius 1 is 1.03 bits per heavy atom. The van der Waals surface area contributed by atoms with Crippen LogP contribution in [0.4, 0.5) is 5.69 Å². The van der Waals surface area contributed by atoms with Crippen molar-refractivity contribution in [2.24, 2.45) is 0 Å². The molecule has 37 heavy (non-hydrogen) atoms. The van der Waals surface area contributed by atoms with E-state index in [9.17, 15) is 20.0 Å². The normalized spacial score (nSPS) is 16.7. The number of amides is 1. The fraction of sp³-hybridized carbons (Fsp3) is 0.233. The molecule has 7 heteroatoms. The molecule has 1 amide bonds. The van der Waals surface area contributed by atoms with E-state index in [1.54, 1.807) is 74.7 Å². The van der Waals surface area contributed by atoms with E-state index in [4.69, 9.17) is 9.47 Å². The van der Waals surface area contributed by atoms with Gasteiger partial charge in [-0.05, 0) is 92.9 Å². The number of carbonyl (C=O) groups is 2. The number of methoxy groups -OCH3 is 1. The highest BCUT2D eigenvalue weighted by Gasteiger charge is 2.47. The molecule has 1 atom stereocenters. The van der Waals surface area contributed by atoms with Crippen LogP contribution in [0.1, 0.15) is 47.7 Å². The molecule has 3 aromatic carbocycles. The second-order valence-corrected chi connectivity index (χ2v) is 9.20. The SMILES string of the molecule is COc1cc(C)c(/C(O)=C2\C(=O)C(=O)N(c3ccc(C#N)cc3)C2c2cccc(OC(C)C)c2)cc1C. The number of ether oxygens (including phenoxy) is 2. The Kier molecular flexibility index (Phi) is 7.03. The third-order valence-corrected chi connectivity index (χ3v) is 6.26. The van der Waals surface area contributed by atoms with Gasteiger partial charge >= 0.3 is 0 Å². The Morgan fingerprint density at radius 3 is 2.35 bits per heavy atom. The number of Topliss-reactive ketones (excluding diaryl/α,β-unsaturated/α-hetero) is 1. The van der Waals surface area contributed by atoms with Gasteiger partial charge in [-0.2, -0.15) is 5.26 Å². The molecule has 4 rings (SSSR count). The number of benzene rings is 3. The van der Waals surface area contributed by atoms with Crippen LogP contribution in [-0.4, -0.2) is 30.0 Å². The van der Waals surface area contributed by atoms with Crippen LogP contribution in [-0.2, 0) is 9.59 Å².